The van der Waals surface area contributed by atoms with E-state index in [4.69, 9.17) is 21.6 Å². The van der Waals surface area contributed by atoms with Crippen LogP contribution in [0.4, 0.5) is 0 Å². The Kier molecular flexibility index (Phi) is 4.76. The quantitative estimate of drug-likeness (QED) is 0.707. The number of aromatic nitrogens is 4. The number of methoxy groups -OCH3 is 1. The average molecular weight is 346 g/mol. The minimum atomic E-state index is 0.286. The van der Waals surface area contributed by atoms with Gasteiger partial charge in [-0.25, -0.2) is 15.0 Å². The molecule has 0 aliphatic heterocycles. The molecule has 0 N–H and O–H groups in total. The lowest BCUT2D eigenvalue weighted by Crippen LogP contribution is -2.05. The van der Waals surface area contributed by atoms with Crippen LogP contribution in [-0.4, -0.2) is 33.2 Å². The topological polar surface area (TPSA) is 76.6 Å². The van der Waals surface area contributed by atoms with E-state index in [1.807, 2.05) is 24.3 Å². The van der Waals surface area contributed by atoms with Gasteiger partial charge in [-0.05, 0) is 30.0 Å². The first kappa shape index (κ1) is 15.7. The predicted octanol–water partition coefficient (Wildman–Crippen LogP) is 3.15. The summed E-state index contributed by atoms with van der Waals surface area (Å²) in [4.78, 5) is 12.9. The summed E-state index contributed by atoms with van der Waals surface area (Å²) in [7, 11) is 1.66. The lowest BCUT2D eigenvalue weighted by molar-refractivity contribution is 0.186. The minimum Gasteiger partial charge on any atom is -0.383 e. The van der Waals surface area contributed by atoms with Crippen LogP contribution in [0, 0.1) is 11.3 Å². The maximum atomic E-state index is 8.78. The summed E-state index contributed by atoms with van der Waals surface area (Å²) in [5, 5.41) is 10.9. The number of hydrogen-bond donors (Lipinski definition) is 0. The zero-order chi connectivity index (χ0) is 16.2. The van der Waals surface area contributed by atoms with Gasteiger partial charge in [0, 0.05) is 18.7 Å². The number of benzene rings is 1. The molecule has 0 aliphatic carbocycles. The van der Waals surface area contributed by atoms with E-state index in [1.165, 1.54) is 18.0 Å². The molecule has 0 amide bonds. The number of fused-ring (bicyclic) bond motifs is 1. The molecular formula is C15H12ClN5OS. The van der Waals surface area contributed by atoms with Crippen LogP contribution in [0.25, 0.3) is 11.0 Å². The second-order valence-electron chi connectivity index (χ2n) is 4.63. The Morgan fingerprint density at radius 2 is 2.22 bits per heavy atom. The third kappa shape index (κ3) is 3.45. The van der Waals surface area contributed by atoms with Crippen LogP contribution in [0.1, 0.15) is 5.69 Å². The summed E-state index contributed by atoms with van der Waals surface area (Å²) in [6.07, 6.45) is 3.01. The molecule has 0 fully saturated rings. The van der Waals surface area contributed by atoms with Gasteiger partial charge < -0.3 is 9.30 Å². The first-order valence-corrected chi connectivity index (χ1v) is 7.95. The molecule has 3 aromatic rings. The highest BCUT2D eigenvalue weighted by Crippen LogP contribution is 2.29. The van der Waals surface area contributed by atoms with E-state index in [2.05, 4.69) is 19.5 Å². The summed E-state index contributed by atoms with van der Waals surface area (Å²) < 4.78 is 7.23. The van der Waals surface area contributed by atoms with Gasteiger partial charge in [0.2, 0.25) is 0 Å². The van der Waals surface area contributed by atoms with Crippen molar-refractivity contribution in [1.82, 2.24) is 19.5 Å². The summed E-state index contributed by atoms with van der Waals surface area (Å²) in [6, 6.07) is 7.56. The molecule has 116 valence electrons. The molecule has 0 radical (unpaired) electrons. The van der Waals surface area contributed by atoms with Crippen molar-refractivity contribution in [2.24, 2.45) is 0 Å². The van der Waals surface area contributed by atoms with Gasteiger partial charge in [-0.2, -0.15) is 5.26 Å². The zero-order valence-electron chi connectivity index (χ0n) is 12.2. The molecule has 1 aromatic carbocycles. The highest BCUT2D eigenvalue weighted by Gasteiger charge is 2.13. The zero-order valence-corrected chi connectivity index (χ0v) is 13.8. The molecule has 0 unspecified atom stereocenters. The van der Waals surface area contributed by atoms with Crippen molar-refractivity contribution < 1.29 is 4.74 Å². The second-order valence-corrected chi connectivity index (χ2v) is 6.05. The molecule has 0 atom stereocenters. The number of ether oxygens (including phenoxy) is 1. The summed E-state index contributed by atoms with van der Waals surface area (Å²) >= 11 is 7.43. The van der Waals surface area contributed by atoms with Gasteiger partial charge in [-0.15, -0.1) is 0 Å². The summed E-state index contributed by atoms with van der Waals surface area (Å²) in [5.41, 5.74) is 2.09. The van der Waals surface area contributed by atoms with Crippen molar-refractivity contribution in [2.45, 2.75) is 16.7 Å². The molecule has 0 aliphatic rings. The number of nitrogens with zero attached hydrogens (tertiary/aromatic N) is 5. The van der Waals surface area contributed by atoms with Crippen molar-refractivity contribution in [3.05, 3.63) is 41.3 Å². The molecule has 3 rings (SSSR count). The fourth-order valence-electron chi connectivity index (χ4n) is 2.08. The molecule has 0 bridgehead atoms. The first-order chi connectivity index (χ1) is 11.2. The van der Waals surface area contributed by atoms with Crippen LogP contribution in [0.2, 0.25) is 5.02 Å². The third-order valence-electron chi connectivity index (χ3n) is 3.13. The highest BCUT2D eigenvalue weighted by atomic mass is 35.5. The van der Waals surface area contributed by atoms with Gasteiger partial charge in [-0.3, -0.25) is 0 Å². The van der Waals surface area contributed by atoms with E-state index >= 15 is 0 Å². The summed E-state index contributed by atoms with van der Waals surface area (Å²) in [5.74, 6) is 0. The Hall–Kier alpha value is -2.14. The van der Waals surface area contributed by atoms with Gasteiger partial charge >= 0.3 is 0 Å². The van der Waals surface area contributed by atoms with Crippen molar-refractivity contribution >= 4 is 34.4 Å². The molecule has 0 saturated heterocycles. The Balaban J connectivity index is 1.98. The summed E-state index contributed by atoms with van der Waals surface area (Å²) in [6.45, 7) is 1.24. The van der Waals surface area contributed by atoms with E-state index in [-0.39, 0.29) is 5.69 Å². The number of imidazole rings is 1. The second kappa shape index (κ2) is 6.96. The molecule has 2 aromatic heterocycles. The predicted molar refractivity (Wildman–Crippen MR) is 87.5 cm³/mol. The molecule has 2 heterocycles. The Morgan fingerprint density at radius 1 is 1.35 bits per heavy atom. The monoisotopic (exact) mass is 345 g/mol. The lowest BCUT2D eigenvalue weighted by atomic mass is 10.3. The molecule has 0 spiro atoms. The Bertz CT molecular complexity index is 872. The molecule has 0 saturated carbocycles. The van der Waals surface area contributed by atoms with E-state index in [1.54, 1.807) is 13.3 Å². The van der Waals surface area contributed by atoms with Crippen molar-refractivity contribution in [3.63, 3.8) is 0 Å². The van der Waals surface area contributed by atoms with E-state index in [0.29, 0.717) is 23.2 Å². The highest BCUT2D eigenvalue weighted by molar-refractivity contribution is 7.99. The van der Waals surface area contributed by atoms with Gasteiger partial charge in [-0.1, -0.05) is 11.6 Å². The van der Waals surface area contributed by atoms with Crippen molar-refractivity contribution in [2.75, 3.05) is 13.7 Å². The van der Waals surface area contributed by atoms with Crippen LogP contribution >= 0.6 is 23.4 Å². The minimum absolute atomic E-state index is 0.286. The maximum Gasteiger partial charge on any atom is 0.175 e. The average Bonchev–Trinajstić information content (AvgIpc) is 2.89. The van der Waals surface area contributed by atoms with Crippen LogP contribution in [0.3, 0.4) is 0 Å². The van der Waals surface area contributed by atoms with Crippen LogP contribution < -0.4 is 0 Å². The fraction of sp³-hybridized carbons (Fsp3) is 0.200. The van der Waals surface area contributed by atoms with Gasteiger partial charge in [0.05, 0.1) is 30.0 Å². The standard InChI is InChI=1S/C15H12ClN5OS/c1-22-5-4-21-13-3-2-10(16)6-12(13)20-15(21)23-14-9-18-11(7-17)8-19-14/h2-3,6,8-9H,4-5H2,1H3. The van der Waals surface area contributed by atoms with Gasteiger partial charge in [0.25, 0.3) is 0 Å². The number of halogens is 1. The molecule has 23 heavy (non-hydrogen) atoms. The van der Waals surface area contributed by atoms with Crippen LogP contribution in [-0.2, 0) is 11.3 Å². The van der Waals surface area contributed by atoms with Crippen LogP contribution in [0.15, 0.2) is 40.8 Å². The normalized spacial score (nSPS) is 10.8. The lowest BCUT2D eigenvalue weighted by Gasteiger charge is -2.07. The first-order valence-electron chi connectivity index (χ1n) is 6.76. The largest absolute Gasteiger partial charge is 0.383 e. The number of nitriles is 1. The maximum absolute atomic E-state index is 8.78. The SMILES string of the molecule is COCCn1c(Sc2cnc(C#N)cn2)nc2cc(Cl)ccc21. The Morgan fingerprint density at radius 3 is 2.91 bits per heavy atom. The van der Waals surface area contributed by atoms with Crippen molar-refractivity contribution in [3.8, 4) is 6.07 Å². The van der Waals surface area contributed by atoms with Crippen LogP contribution in [0.5, 0.6) is 0 Å². The molecular weight excluding hydrogens is 334 g/mol. The fourth-order valence-corrected chi connectivity index (χ4v) is 3.09. The third-order valence-corrected chi connectivity index (χ3v) is 4.28. The van der Waals surface area contributed by atoms with E-state index in [9.17, 15) is 0 Å². The van der Waals surface area contributed by atoms with E-state index in [0.717, 1.165) is 16.2 Å². The Labute approximate surface area is 142 Å². The van der Waals surface area contributed by atoms with Gasteiger partial charge in [0.1, 0.15) is 11.1 Å². The van der Waals surface area contributed by atoms with Gasteiger partial charge in [0.15, 0.2) is 10.9 Å². The smallest absolute Gasteiger partial charge is 0.175 e. The van der Waals surface area contributed by atoms with E-state index < -0.39 is 0 Å². The number of rotatable bonds is 5. The number of hydrogen-bond acceptors (Lipinski definition) is 6. The molecule has 8 heteroatoms. The van der Waals surface area contributed by atoms with Crippen molar-refractivity contribution in [1.29, 1.82) is 5.26 Å². The molecule has 6 nitrogen and oxygen atoms in total.